The molecule has 2 aromatic rings. The van der Waals surface area contributed by atoms with Crippen molar-refractivity contribution in [2.24, 2.45) is 0 Å². The summed E-state index contributed by atoms with van der Waals surface area (Å²) in [5, 5.41) is 1.03. The Morgan fingerprint density at radius 3 is 2.74 bits per heavy atom. The number of benzene rings is 1. The van der Waals surface area contributed by atoms with Crippen molar-refractivity contribution in [2.75, 3.05) is 5.75 Å². The molecule has 2 rings (SSSR count). The minimum absolute atomic E-state index is 0.0456. The van der Waals surface area contributed by atoms with Gasteiger partial charge < -0.3 is 4.79 Å². The van der Waals surface area contributed by atoms with Gasteiger partial charge >= 0.3 is 0 Å². The van der Waals surface area contributed by atoms with Crippen molar-refractivity contribution in [3.8, 4) is 0 Å². The quantitative estimate of drug-likeness (QED) is 0.621. The number of sulfone groups is 1. The van der Waals surface area contributed by atoms with Gasteiger partial charge in [-0.05, 0) is 37.1 Å². The zero-order valence-corrected chi connectivity index (χ0v) is 11.5. The Kier molecular flexibility index (Phi) is 3.95. The van der Waals surface area contributed by atoms with Gasteiger partial charge in [0.2, 0.25) is 0 Å². The van der Waals surface area contributed by atoms with Gasteiger partial charge in [0.05, 0.1) is 11.3 Å². The monoisotopic (exact) mass is 277 g/mol. The summed E-state index contributed by atoms with van der Waals surface area (Å²) < 4.78 is 24.1. The number of carbonyl (C=O) groups excluding carboxylic acids is 1. The van der Waals surface area contributed by atoms with Crippen LogP contribution in [-0.4, -0.2) is 25.4 Å². The van der Waals surface area contributed by atoms with E-state index >= 15 is 0 Å². The van der Waals surface area contributed by atoms with Crippen LogP contribution in [0.2, 0.25) is 0 Å². The Hall–Kier alpha value is -1.75. The highest BCUT2D eigenvalue weighted by molar-refractivity contribution is 7.91. The molecule has 1 aromatic carbocycles. The third-order valence-corrected chi connectivity index (χ3v) is 4.67. The fourth-order valence-electron chi connectivity index (χ4n) is 1.92. The molecule has 0 unspecified atom stereocenters. The molecule has 0 atom stereocenters. The second-order valence-electron chi connectivity index (χ2n) is 4.42. The Morgan fingerprint density at radius 1 is 1.21 bits per heavy atom. The van der Waals surface area contributed by atoms with Crippen molar-refractivity contribution < 1.29 is 13.2 Å². The van der Waals surface area contributed by atoms with Crippen LogP contribution in [0.5, 0.6) is 0 Å². The summed E-state index contributed by atoms with van der Waals surface area (Å²) in [5.41, 5.74) is 1.74. The Labute approximate surface area is 112 Å². The lowest BCUT2D eigenvalue weighted by Crippen LogP contribution is -2.09. The first kappa shape index (κ1) is 13.7. The van der Waals surface area contributed by atoms with Gasteiger partial charge in [-0.1, -0.05) is 12.1 Å². The zero-order valence-electron chi connectivity index (χ0n) is 10.7. The molecule has 1 aromatic heterocycles. The third-order valence-electron chi connectivity index (χ3n) is 2.98. The number of hydrogen-bond donors (Lipinski definition) is 0. The molecule has 0 fully saturated rings. The predicted molar refractivity (Wildman–Crippen MR) is 73.8 cm³/mol. The van der Waals surface area contributed by atoms with Crippen LogP contribution in [0.4, 0.5) is 0 Å². The van der Waals surface area contributed by atoms with E-state index in [1.165, 1.54) is 6.07 Å². The van der Waals surface area contributed by atoms with E-state index in [9.17, 15) is 13.2 Å². The van der Waals surface area contributed by atoms with Crippen LogP contribution >= 0.6 is 0 Å². The van der Waals surface area contributed by atoms with Gasteiger partial charge in [0.1, 0.15) is 6.29 Å². The highest BCUT2D eigenvalue weighted by Crippen LogP contribution is 2.19. The Balaban J connectivity index is 2.38. The average molecular weight is 277 g/mol. The molecule has 1 heterocycles. The minimum atomic E-state index is -3.41. The largest absolute Gasteiger partial charge is 0.303 e. The van der Waals surface area contributed by atoms with Gasteiger partial charge in [-0.25, -0.2) is 13.4 Å². The van der Waals surface area contributed by atoms with Crippen molar-refractivity contribution in [2.45, 2.75) is 24.8 Å². The molecule has 4 nitrogen and oxygen atoms in total. The van der Waals surface area contributed by atoms with Crippen molar-refractivity contribution in [1.82, 2.24) is 4.98 Å². The molecule has 0 saturated carbocycles. The average Bonchev–Trinajstić information content (AvgIpc) is 2.39. The summed E-state index contributed by atoms with van der Waals surface area (Å²) in [6.07, 6.45) is 1.32. The molecule has 0 saturated heterocycles. The maximum absolute atomic E-state index is 12.1. The molecule has 100 valence electrons. The van der Waals surface area contributed by atoms with Gasteiger partial charge in [-0.2, -0.15) is 0 Å². The first-order valence-electron chi connectivity index (χ1n) is 6.07. The van der Waals surface area contributed by atoms with Gasteiger partial charge in [0.15, 0.2) is 14.9 Å². The van der Waals surface area contributed by atoms with E-state index in [1.54, 1.807) is 12.1 Å². The predicted octanol–water partition coefficient (Wildman–Crippen LogP) is 2.30. The van der Waals surface area contributed by atoms with Gasteiger partial charge in [0, 0.05) is 11.8 Å². The number of hydrogen-bond acceptors (Lipinski definition) is 4. The van der Waals surface area contributed by atoms with Gasteiger partial charge in [-0.3, -0.25) is 0 Å². The smallest absolute Gasteiger partial charge is 0.195 e. The number of aryl methyl sites for hydroxylation is 1. The summed E-state index contributed by atoms with van der Waals surface area (Å²) in [5.74, 6) is -0.0456. The van der Waals surface area contributed by atoms with E-state index in [0.717, 1.165) is 17.2 Å². The lowest BCUT2D eigenvalue weighted by Gasteiger charge is -2.05. The first-order chi connectivity index (χ1) is 9.04. The number of aromatic nitrogens is 1. The Bertz CT molecular complexity index is 708. The van der Waals surface area contributed by atoms with Crippen LogP contribution in [0.1, 0.15) is 18.4 Å². The second kappa shape index (κ2) is 5.48. The highest BCUT2D eigenvalue weighted by Gasteiger charge is 2.16. The topological polar surface area (TPSA) is 64.1 Å². The standard InChI is InChI=1S/C14H15NO3S/c1-11-5-4-6-13-12(11)7-8-14(15-13)19(17,18)10-3-2-9-16/h4-9H,2-3,10H2,1H3. The van der Waals surface area contributed by atoms with E-state index in [1.807, 2.05) is 19.1 Å². The molecule has 19 heavy (non-hydrogen) atoms. The van der Waals surface area contributed by atoms with Crippen LogP contribution < -0.4 is 0 Å². The van der Waals surface area contributed by atoms with Gasteiger partial charge in [0.25, 0.3) is 0 Å². The molecule has 0 aliphatic rings. The van der Waals surface area contributed by atoms with Crippen LogP contribution in [0.3, 0.4) is 0 Å². The summed E-state index contributed by atoms with van der Waals surface area (Å²) >= 11 is 0. The van der Waals surface area contributed by atoms with Crippen molar-refractivity contribution in [1.29, 1.82) is 0 Å². The summed E-state index contributed by atoms with van der Waals surface area (Å²) in [6.45, 7) is 1.96. The number of rotatable bonds is 5. The minimum Gasteiger partial charge on any atom is -0.303 e. The van der Waals surface area contributed by atoms with E-state index in [-0.39, 0.29) is 17.2 Å². The van der Waals surface area contributed by atoms with Crippen LogP contribution in [0.15, 0.2) is 35.4 Å². The number of unbranched alkanes of at least 4 members (excludes halogenated alkanes) is 1. The number of nitrogens with zero attached hydrogens (tertiary/aromatic N) is 1. The number of fused-ring (bicyclic) bond motifs is 1. The fourth-order valence-corrected chi connectivity index (χ4v) is 3.19. The zero-order chi connectivity index (χ0) is 13.9. The lowest BCUT2D eigenvalue weighted by atomic mass is 10.1. The fraction of sp³-hybridized carbons (Fsp3) is 0.286. The molecule has 0 radical (unpaired) electrons. The second-order valence-corrected chi connectivity index (χ2v) is 6.47. The van der Waals surface area contributed by atoms with E-state index < -0.39 is 9.84 Å². The Morgan fingerprint density at radius 2 is 2.00 bits per heavy atom. The lowest BCUT2D eigenvalue weighted by molar-refractivity contribution is -0.107. The first-order valence-corrected chi connectivity index (χ1v) is 7.72. The number of pyridine rings is 1. The van der Waals surface area contributed by atoms with E-state index in [4.69, 9.17) is 0 Å². The molecule has 0 N–H and O–H groups in total. The summed E-state index contributed by atoms with van der Waals surface area (Å²) in [7, 11) is -3.41. The normalized spacial score (nSPS) is 11.6. The van der Waals surface area contributed by atoms with Crippen molar-refractivity contribution in [3.05, 3.63) is 35.9 Å². The molecule has 0 aliphatic heterocycles. The molecule has 0 bridgehead atoms. The summed E-state index contributed by atoms with van der Waals surface area (Å²) in [6, 6.07) is 8.93. The number of carbonyl (C=O) groups is 1. The number of aldehydes is 1. The van der Waals surface area contributed by atoms with Crippen molar-refractivity contribution in [3.63, 3.8) is 0 Å². The van der Waals surface area contributed by atoms with E-state index in [0.29, 0.717) is 11.9 Å². The van der Waals surface area contributed by atoms with Crippen LogP contribution in [0.25, 0.3) is 10.9 Å². The summed E-state index contributed by atoms with van der Waals surface area (Å²) in [4.78, 5) is 14.4. The maximum Gasteiger partial charge on any atom is 0.195 e. The molecular formula is C14H15NO3S. The van der Waals surface area contributed by atoms with Crippen LogP contribution in [-0.2, 0) is 14.6 Å². The maximum atomic E-state index is 12.1. The van der Waals surface area contributed by atoms with E-state index in [2.05, 4.69) is 4.98 Å². The SMILES string of the molecule is Cc1cccc2nc(S(=O)(=O)CCCC=O)ccc12. The van der Waals surface area contributed by atoms with Gasteiger partial charge in [-0.15, -0.1) is 0 Å². The molecule has 0 amide bonds. The third kappa shape index (κ3) is 2.98. The molecule has 0 spiro atoms. The van der Waals surface area contributed by atoms with Crippen molar-refractivity contribution >= 4 is 27.0 Å². The molecular weight excluding hydrogens is 262 g/mol. The van der Waals surface area contributed by atoms with Crippen LogP contribution in [0, 0.1) is 6.92 Å². The molecule has 0 aliphatic carbocycles. The highest BCUT2D eigenvalue weighted by atomic mass is 32.2. The molecule has 5 heteroatoms.